The number of aliphatic hydroxyl groups is 1. The van der Waals surface area contributed by atoms with E-state index < -0.39 is 0 Å². The third-order valence-electron chi connectivity index (χ3n) is 1.84. The van der Waals surface area contributed by atoms with Crippen LogP contribution in [-0.2, 0) is 6.42 Å². The minimum Gasteiger partial charge on any atom is -0.493 e. The second-order valence-electron chi connectivity index (χ2n) is 2.92. The fraction of sp³-hybridized carbons (Fsp3) is 0.333. The molecule has 0 saturated heterocycles. The fourth-order valence-corrected chi connectivity index (χ4v) is 1.11. The van der Waals surface area contributed by atoms with E-state index in [2.05, 4.69) is 5.92 Å². The Bertz CT molecular complexity index is 295. The molecule has 0 unspecified atom stereocenters. The van der Waals surface area contributed by atoms with Gasteiger partial charge in [-0.05, 0) is 24.1 Å². The highest BCUT2D eigenvalue weighted by atomic mass is 16.5. The van der Waals surface area contributed by atoms with Crippen molar-refractivity contribution in [2.75, 3.05) is 13.2 Å². The van der Waals surface area contributed by atoms with Crippen molar-refractivity contribution >= 4 is 0 Å². The maximum Gasteiger partial charge on any atom is 0.119 e. The topological polar surface area (TPSA) is 29.5 Å². The molecule has 0 saturated carbocycles. The molecule has 0 spiro atoms. The Balaban J connectivity index is 2.43. The van der Waals surface area contributed by atoms with Gasteiger partial charge in [0, 0.05) is 13.0 Å². The highest BCUT2D eigenvalue weighted by Gasteiger charge is 1.94. The maximum absolute atomic E-state index is 8.71. The van der Waals surface area contributed by atoms with Gasteiger partial charge in [-0.15, -0.1) is 12.3 Å². The highest BCUT2D eigenvalue weighted by Crippen LogP contribution is 2.12. The van der Waals surface area contributed by atoms with Crippen molar-refractivity contribution in [1.29, 1.82) is 0 Å². The summed E-state index contributed by atoms with van der Waals surface area (Å²) in [6.07, 6.45) is 6.41. The van der Waals surface area contributed by atoms with Crippen molar-refractivity contribution in [3.8, 4) is 18.1 Å². The molecular formula is C12H14O2. The first-order valence-corrected chi connectivity index (χ1v) is 4.63. The average Bonchev–Trinajstić information content (AvgIpc) is 2.21. The second kappa shape index (κ2) is 6.06. The quantitative estimate of drug-likeness (QED) is 0.564. The molecule has 2 heteroatoms. The summed E-state index contributed by atoms with van der Waals surface area (Å²) in [5.74, 6) is 3.33. The van der Waals surface area contributed by atoms with E-state index in [0.29, 0.717) is 19.4 Å². The zero-order chi connectivity index (χ0) is 10.2. The SMILES string of the molecule is C#CCCOc1ccc(CCO)cc1. The molecule has 0 aliphatic carbocycles. The molecular weight excluding hydrogens is 176 g/mol. The molecule has 1 N–H and O–H groups in total. The molecule has 14 heavy (non-hydrogen) atoms. The van der Waals surface area contributed by atoms with Crippen molar-refractivity contribution in [3.05, 3.63) is 29.8 Å². The summed E-state index contributed by atoms with van der Waals surface area (Å²) in [5, 5.41) is 8.71. The number of ether oxygens (including phenoxy) is 1. The molecule has 0 fully saturated rings. The number of hydrogen-bond donors (Lipinski definition) is 1. The summed E-state index contributed by atoms with van der Waals surface area (Å²) in [6.45, 7) is 0.729. The molecule has 0 atom stereocenters. The molecule has 2 nitrogen and oxygen atoms in total. The van der Waals surface area contributed by atoms with Crippen molar-refractivity contribution in [1.82, 2.24) is 0 Å². The first-order chi connectivity index (χ1) is 6.86. The molecule has 0 aliphatic heterocycles. The van der Waals surface area contributed by atoms with Gasteiger partial charge in [0.2, 0.25) is 0 Å². The van der Waals surface area contributed by atoms with Gasteiger partial charge in [0.15, 0.2) is 0 Å². The van der Waals surface area contributed by atoms with Gasteiger partial charge in [0.1, 0.15) is 5.75 Å². The van der Waals surface area contributed by atoms with Crippen molar-refractivity contribution in [2.24, 2.45) is 0 Å². The summed E-state index contributed by atoms with van der Waals surface area (Å²) in [6, 6.07) is 7.67. The Hall–Kier alpha value is -1.46. The fourth-order valence-electron chi connectivity index (χ4n) is 1.11. The van der Waals surface area contributed by atoms with Crippen LogP contribution in [0.5, 0.6) is 5.75 Å². The summed E-state index contributed by atoms with van der Waals surface area (Å²) >= 11 is 0. The van der Waals surface area contributed by atoms with Crippen LogP contribution in [0.2, 0.25) is 0 Å². The monoisotopic (exact) mass is 190 g/mol. The molecule has 0 bridgehead atoms. The highest BCUT2D eigenvalue weighted by molar-refractivity contribution is 5.27. The summed E-state index contributed by atoms with van der Waals surface area (Å²) in [7, 11) is 0. The molecule has 1 rings (SSSR count). The minimum absolute atomic E-state index is 0.178. The molecule has 0 amide bonds. The third kappa shape index (κ3) is 3.51. The van der Waals surface area contributed by atoms with Crippen LogP contribution in [0.15, 0.2) is 24.3 Å². The summed E-state index contributed by atoms with van der Waals surface area (Å²) in [5.41, 5.74) is 1.11. The zero-order valence-corrected chi connectivity index (χ0v) is 8.07. The van der Waals surface area contributed by atoms with Crippen LogP contribution in [-0.4, -0.2) is 18.3 Å². The van der Waals surface area contributed by atoms with Crippen LogP contribution < -0.4 is 4.74 Å². The normalized spacial score (nSPS) is 9.43. The van der Waals surface area contributed by atoms with E-state index in [1.807, 2.05) is 24.3 Å². The number of benzene rings is 1. The van der Waals surface area contributed by atoms with E-state index in [4.69, 9.17) is 16.3 Å². The van der Waals surface area contributed by atoms with E-state index >= 15 is 0 Å². The number of rotatable bonds is 5. The molecule has 0 heterocycles. The van der Waals surface area contributed by atoms with E-state index in [1.54, 1.807) is 0 Å². The minimum atomic E-state index is 0.178. The van der Waals surface area contributed by atoms with Gasteiger partial charge in [0.25, 0.3) is 0 Å². The maximum atomic E-state index is 8.71. The van der Waals surface area contributed by atoms with Crippen molar-refractivity contribution < 1.29 is 9.84 Å². The molecule has 1 aromatic carbocycles. The molecule has 0 aliphatic rings. The van der Waals surface area contributed by atoms with Crippen molar-refractivity contribution in [3.63, 3.8) is 0 Å². The smallest absolute Gasteiger partial charge is 0.119 e. The third-order valence-corrected chi connectivity index (χ3v) is 1.84. The molecule has 0 radical (unpaired) electrons. The summed E-state index contributed by atoms with van der Waals surface area (Å²) in [4.78, 5) is 0. The lowest BCUT2D eigenvalue weighted by Gasteiger charge is -2.04. The Morgan fingerprint density at radius 3 is 2.57 bits per heavy atom. The molecule has 74 valence electrons. The van der Waals surface area contributed by atoms with E-state index in [-0.39, 0.29) is 6.61 Å². The number of terminal acetylenes is 1. The second-order valence-corrected chi connectivity index (χ2v) is 2.92. The lowest BCUT2D eigenvalue weighted by Crippen LogP contribution is -1.96. The van der Waals surface area contributed by atoms with Gasteiger partial charge in [-0.25, -0.2) is 0 Å². The first kappa shape index (κ1) is 10.6. The first-order valence-electron chi connectivity index (χ1n) is 4.63. The van der Waals surface area contributed by atoms with E-state index in [1.165, 1.54) is 0 Å². The Labute approximate surface area is 84.5 Å². The van der Waals surface area contributed by atoms with Gasteiger partial charge in [-0.1, -0.05) is 12.1 Å². The Morgan fingerprint density at radius 2 is 2.00 bits per heavy atom. The standard InChI is InChI=1S/C12H14O2/c1-2-3-10-14-12-6-4-11(5-7-12)8-9-13/h1,4-7,13H,3,8-10H2. The molecule has 0 aromatic heterocycles. The van der Waals surface area contributed by atoms with Crippen LogP contribution in [0.3, 0.4) is 0 Å². The van der Waals surface area contributed by atoms with Crippen LogP contribution in [0.25, 0.3) is 0 Å². The Kier molecular flexibility index (Phi) is 4.60. The van der Waals surface area contributed by atoms with E-state index in [0.717, 1.165) is 11.3 Å². The van der Waals surface area contributed by atoms with E-state index in [9.17, 15) is 0 Å². The van der Waals surface area contributed by atoms with Gasteiger partial charge in [-0.3, -0.25) is 0 Å². The number of aliphatic hydroxyl groups excluding tert-OH is 1. The van der Waals surface area contributed by atoms with Crippen LogP contribution >= 0.6 is 0 Å². The lowest BCUT2D eigenvalue weighted by atomic mass is 10.1. The Morgan fingerprint density at radius 1 is 1.29 bits per heavy atom. The van der Waals surface area contributed by atoms with Gasteiger partial charge in [0.05, 0.1) is 6.61 Å². The predicted octanol–water partition coefficient (Wildman–Crippen LogP) is 1.62. The largest absolute Gasteiger partial charge is 0.493 e. The lowest BCUT2D eigenvalue weighted by molar-refractivity contribution is 0.299. The zero-order valence-electron chi connectivity index (χ0n) is 8.07. The predicted molar refractivity (Wildman–Crippen MR) is 56.2 cm³/mol. The van der Waals surface area contributed by atoms with Crippen LogP contribution in [0.4, 0.5) is 0 Å². The van der Waals surface area contributed by atoms with Gasteiger partial charge < -0.3 is 9.84 Å². The van der Waals surface area contributed by atoms with Gasteiger partial charge in [-0.2, -0.15) is 0 Å². The van der Waals surface area contributed by atoms with Gasteiger partial charge >= 0.3 is 0 Å². The summed E-state index contributed by atoms with van der Waals surface area (Å²) < 4.78 is 5.37. The molecule has 1 aromatic rings. The van der Waals surface area contributed by atoms with Crippen LogP contribution in [0.1, 0.15) is 12.0 Å². The van der Waals surface area contributed by atoms with Crippen LogP contribution in [0, 0.1) is 12.3 Å². The van der Waals surface area contributed by atoms with Crippen molar-refractivity contribution in [2.45, 2.75) is 12.8 Å². The number of hydrogen-bond acceptors (Lipinski definition) is 2. The average molecular weight is 190 g/mol.